The van der Waals surface area contributed by atoms with Crippen molar-refractivity contribution in [1.29, 1.82) is 0 Å². The van der Waals surface area contributed by atoms with Gasteiger partial charge >= 0.3 is 6.18 Å². The number of aliphatic imine (C=N–C) groups is 1. The summed E-state index contributed by atoms with van der Waals surface area (Å²) in [5.74, 6) is 0.586. The Morgan fingerprint density at radius 3 is 2.68 bits per heavy atom. The van der Waals surface area contributed by atoms with Crippen molar-refractivity contribution >= 4 is 57.2 Å². The van der Waals surface area contributed by atoms with Gasteiger partial charge < -0.3 is 10.6 Å². The van der Waals surface area contributed by atoms with Gasteiger partial charge in [-0.05, 0) is 17.7 Å². The number of guanidine groups is 1. The topological polar surface area (TPSA) is 49.3 Å². The Hall–Kier alpha value is -0.880. The number of hydrogen-bond acceptors (Lipinski definition) is 3. The van der Waals surface area contributed by atoms with Crippen molar-refractivity contribution in [3.63, 3.8) is 0 Å². The number of hydrogen-bond donors (Lipinski definition) is 2. The summed E-state index contributed by atoms with van der Waals surface area (Å²) < 4.78 is 38.5. The lowest BCUT2D eigenvalue weighted by Crippen LogP contribution is -2.37. The van der Waals surface area contributed by atoms with Crippen molar-refractivity contribution in [2.75, 3.05) is 13.6 Å². The monoisotopic (exact) mass is 548 g/mol. The molecule has 0 saturated heterocycles. The Kier molecular flexibility index (Phi) is 9.14. The van der Waals surface area contributed by atoms with E-state index in [2.05, 4.69) is 36.5 Å². The maximum atomic E-state index is 12.5. The number of benzene rings is 1. The predicted molar refractivity (Wildman–Crippen MR) is 109 cm³/mol. The third-order valence-electron chi connectivity index (χ3n) is 3.05. The minimum atomic E-state index is -4.39. The molecule has 0 aliphatic carbocycles. The molecule has 2 aromatic rings. The first kappa shape index (κ1) is 22.2. The second-order valence-electron chi connectivity index (χ2n) is 4.86. The van der Waals surface area contributed by atoms with E-state index in [1.165, 1.54) is 0 Å². The second kappa shape index (κ2) is 10.3. The van der Waals surface area contributed by atoms with E-state index in [1.54, 1.807) is 7.05 Å². The van der Waals surface area contributed by atoms with Crippen LogP contribution >= 0.6 is 51.2 Å². The van der Waals surface area contributed by atoms with E-state index < -0.39 is 11.9 Å². The van der Waals surface area contributed by atoms with Gasteiger partial charge in [-0.15, -0.1) is 35.3 Å². The van der Waals surface area contributed by atoms with Crippen LogP contribution in [0.5, 0.6) is 0 Å². The third-order valence-corrected chi connectivity index (χ3v) is 4.45. The molecule has 0 amide bonds. The molecule has 0 saturated carbocycles. The van der Waals surface area contributed by atoms with Crippen LogP contribution in [0.4, 0.5) is 13.2 Å². The van der Waals surface area contributed by atoms with Crippen LogP contribution in [0.25, 0.3) is 0 Å². The number of halogens is 5. The molecule has 0 spiro atoms. The van der Waals surface area contributed by atoms with Crippen molar-refractivity contribution < 1.29 is 13.2 Å². The van der Waals surface area contributed by atoms with Crippen LogP contribution in [-0.4, -0.2) is 24.5 Å². The summed E-state index contributed by atoms with van der Waals surface area (Å²) in [6.45, 7) is 1.04. The molecule has 0 unspecified atom stereocenters. The van der Waals surface area contributed by atoms with Crippen molar-refractivity contribution in [1.82, 2.24) is 15.6 Å². The Bertz CT molecular complexity index is 706. The predicted octanol–water partition coefficient (Wildman–Crippen LogP) is 4.45. The van der Waals surface area contributed by atoms with E-state index in [0.717, 1.165) is 26.8 Å². The van der Waals surface area contributed by atoms with Crippen LogP contribution < -0.4 is 10.6 Å². The average Bonchev–Trinajstić information content (AvgIpc) is 3.00. The second-order valence-corrected chi connectivity index (χ2v) is 6.72. The summed E-state index contributed by atoms with van der Waals surface area (Å²) in [6.07, 6.45) is -3.98. The lowest BCUT2D eigenvalue weighted by Gasteiger charge is -2.11. The van der Waals surface area contributed by atoms with Gasteiger partial charge in [0.25, 0.3) is 0 Å². The van der Waals surface area contributed by atoms with Gasteiger partial charge in [-0.3, -0.25) is 4.99 Å². The van der Waals surface area contributed by atoms with E-state index in [9.17, 15) is 13.2 Å². The minimum Gasteiger partial charge on any atom is -0.356 e. The molecule has 1 heterocycles. The Morgan fingerprint density at radius 2 is 2.08 bits per heavy atom. The van der Waals surface area contributed by atoms with Gasteiger partial charge in [0.15, 0.2) is 11.7 Å². The summed E-state index contributed by atoms with van der Waals surface area (Å²) in [4.78, 5) is 7.68. The Morgan fingerprint density at radius 1 is 1.32 bits per heavy atom. The standard InChI is InChI=1S/C15H16BrF3N4S.HI/c1-20-14(22-8-10-3-2-4-11(16)7-10)21-6-5-13-23-12(9-24-13)15(17,18)19;/h2-4,7,9H,5-6,8H2,1H3,(H2,20,21,22);1H. The maximum Gasteiger partial charge on any atom is 0.434 e. The molecule has 10 heteroatoms. The highest BCUT2D eigenvalue weighted by Gasteiger charge is 2.33. The molecule has 1 aromatic carbocycles. The number of thiazole rings is 1. The molecule has 0 aliphatic heterocycles. The lowest BCUT2D eigenvalue weighted by atomic mass is 10.2. The van der Waals surface area contributed by atoms with E-state index in [0.29, 0.717) is 30.5 Å². The van der Waals surface area contributed by atoms with Crippen LogP contribution in [0, 0.1) is 0 Å². The van der Waals surface area contributed by atoms with Crippen LogP contribution in [-0.2, 0) is 19.1 Å². The van der Waals surface area contributed by atoms with Crippen molar-refractivity contribution in [3.05, 3.63) is 50.4 Å². The van der Waals surface area contributed by atoms with Gasteiger partial charge in [0, 0.05) is 36.4 Å². The molecule has 0 aliphatic rings. The molecule has 0 radical (unpaired) electrons. The molecule has 25 heavy (non-hydrogen) atoms. The number of rotatable bonds is 5. The van der Waals surface area contributed by atoms with Gasteiger partial charge in [-0.1, -0.05) is 28.1 Å². The van der Waals surface area contributed by atoms with Crippen LogP contribution in [0.15, 0.2) is 39.1 Å². The summed E-state index contributed by atoms with van der Waals surface area (Å²) in [7, 11) is 1.64. The van der Waals surface area contributed by atoms with Gasteiger partial charge in [0.1, 0.15) is 0 Å². The summed E-state index contributed by atoms with van der Waals surface area (Å²) >= 11 is 4.42. The molecule has 138 valence electrons. The molecular formula is C15H17BrF3IN4S. The first-order valence-electron chi connectivity index (χ1n) is 7.09. The zero-order valence-electron chi connectivity index (χ0n) is 13.2. The van der Waals surface area contributed by atoms with E-state index in [4.69, 9.17) is 0 Å². The molecular weight excluding hydrogens is 532 g/mol. The molecule has 0 fully saturated rings. The zero-order chi connectivity index (χ0) is 17.6. The summed E-state index contributed by atoms with van der Waals surface area (Å²) in [5, 5.41) is 7.69. The smallest absolute Gasteiger partial charge is 0.356 e. The fourth-order valence-corrected chi connectivity index (χ4v) is 3.15. The zero-order valence-corrected chi connectivity index (χ0v) is 18.0. The maximum absolute atomic E-state index is 12.5. The highest BCUT2D eigenvalue weighted by atomic mass is 127. The molecule has 2 rings (SSSR count). The van der Waals surface area contributed by atoms with Crippen molar-refractivity contribution in [3.8, 4) is 0 Å². The Labute approximate surface area is 173 Å². The minimum absolute atomic E-state index is 0. The van der Waals surface area contributed by atoms with Crippen LogP contribution in [0.1, 0.15) is 16.3 Å². The number of nitrogens with one attached hydrogen (secondary N) is 2. The number of aromatic nitrogens is 1. The van der Waals surface area contributed by atoms with Crippen LogP contribution in [0.3, 0.4) is 0 Å². The molecule has 4 nitrogen and oxygen atoms in total. The molecule has 1 aromatic heterocycles. The van der Waals surface area contributed by atoms with E-state index >= 15 is 0 Å². The fraction of sp³-hybridized carbons (Fsp3) is 0.333. The third kappa shape index (κ3) is 7.48. The number of nitrogens with zero attached hydrogens (tertiary/aromatic N) is 2. The number of alkyl halides is 3. The van der Waals surface area contributed by atoms with E-state index in [-0.39, 0.29) is 24.0 Å². The highest BCUT2D eigenvalue weighted by Crippen LogP contribution is 2.29. The van der Waals surface area contributed by atoms with Gasteiger partial charge in [-0.2, -0.15) is 13.2 Å². The van der Waals surface area contributed by atoms with Gasteiger partial charge in [0.2, 0.25) is 0 Å². The molecule has 0 bridgehead atoms. The highest BCUT2D eigenvalue weighted by molar-refractivity contribution is 14.0. The largest absolute Gasteiger partial charge is 0.434 e. The van der Waals surface area contributed by atoms with Gasteiger partial charge in [-0.25, -0.2) is 4.98 Å². The fourth-order valence-electron chi connectivity index (χ4n) is 1.90. The Balaban J connectivity index is 0.00000312. The van der Waals surface area contributed by atoms with Crippen molar-refractivity contribution in [2.45, 2.75) is 19.1 Å². The average molecular weight is 549 g/mol. The van der Waals surface area contributed by atoms with Crippen molar-refractivity contribution in [2.24, 2.45) is 4.99 Å². The summed E-state index contributed by atoms with van der Waals surface area (Å²) in [6, 6.07) is 7.87. The quantitative estimate of drug-likeness (QED) is 0.330. The van der Waals surface area contributed by atoms with Crippen LogP contribution in [0.2, 0.25) is 0 Å². The SMILES string of the molecule is CN=C(NCCc1nc(C(F)(F)F)cs1)NCc1cccc(Br)c1.I. The first-order valence-corrected chi connectivity index (χ1v) is 8.76. The van der Waals surface area contributed by atoms with E-state index in [1.807, 2.05) is 24.3 Å². The lowest BCUT2D eigenvalue weighted by molar-refractivity contribution is -0.140. The molecule has 2 N–H and O–H groups in total. The van der Waals surface area contributed by atoms with Gasteiger partial charge in [0.05, 0.1) is 5.01 Å². The summed E-state index contributed by atoms with van der Waals surface area (Å²) in [5.41, 5.74) is 0.252. The normalized spacial score (nSPS) is 11.8. The molecule has 0 atom stereocenters. The first-order chi connectivity index (χ1) is 11.4.